The van der Waals surface area contributed by atoms with Crippen LogP contribution in [0.1, 0.15) is 33.1 Å². The quantitative estimate of drug-likeness (QED) is 0.452. The molecule has 0 aliphatic carbocycles. The normalized spacial score (nSPS) is 16.0. The van der Waals surface area contributed by atoms with Gasteiger partial charge >= 0.3 is 0 Å². The molecule has 1 amide bonds. The summed E-state index contributed by atoms with van der Waals surface area (Å²) in [6.07, 6.45) is 0.888. The van der Waals surface area contributed by atoms with Gasteiger partial charge in [0.1, 0.15) is 0 Å². The highest BCUT2D eigenvalue weighted by molar-refractivity contribution is 5.99. The molecule has 28 heavy (non-hydrogen) atoms. The fourth-order valence-corrected chi connectivity index (χ4v) is 4.27. The van der Waals surface area contributed by atoms with Gasteiger partial charge in [-0.05, 0) is 46.0 Å². The van der Waals surface area contributed by atoms with Crippen molar-refractivity contribution >= 4 is 16.7 Å². The van der Waals surface area contributed by atoms with E-state index < -0.39 is 0 Å². The van der Waals surface area contributed by atoms with E-state index in [1.807, 2.05) is 53.4 Å². The summed E-state index contributed by atoms with van der Waals surface area (Å²) >= 11 is 0. The van der Waals surface area contributed by atoms with Crippen LogP contribution in [0.15, 0.2) is 97.1 Å². The third kappa shape index (κ3) is 2.87. The summed E-state index contributed by atoms with van der Waals surface area (Å²) in [5.41, 5.74) is 4.47. The topological polar surface area (TPSA) is 20.3 Å². The zero-order valence-electron chi connectivity index (χ0n) is 15.6. The minimum atomic E-state index is -0.0508. The third-order valence-electron chi connectivity index (χ3n) is 5.66. The second-order valence-corrected chi connectivity index (χ2v) is 7.32. The number of benzene rings is 4. The molecule has 0 saturated carbocycles. The van der Waals surface area contributed by atoms with Crippen molar-refractivity contribution in [3.63, 3.8) is 0 Å². The van der Waals surface area contributed by atoms with Crippen molar-refractivity contribution in [2.24, 2.45) is 0 Å². The lowest BCUT2D eigenvalue weighted by Crippen LogP contribution is -2.40. The predicted octanol–water partition coefficient (Wildman–Crippen LogP) is 5.63. The molecule has 5 rings (SSSR count). The lowest BCUT2D eigenvalue weighted by Gasteiger charge is -2.38. The predicted molar refractivity (Wildman–Crippen MR) is 113 cm³/mol. The number of rotatable bonds is 2. The van der Waals surface area contributed by atoms with Crippen LogP contribution < -0.4 is 0 Å². The summed E-state index contributed by atoms with van der Waals surface area (Å²) in [5, 5.41) is 2.25. The van der Waals surface area contributed by atoms with Gasteiger partial charge in [-0.25, -0.2) is 0 Å². The minimum absolute atomic E-state index is 0.0508. The van der Waals surface area contributed by atoms with Crippen molar-refractivity contribution in [3.05, 3.63) is 119 Å². The molecule has 4 aromatic carbocycles. The van der Waals surface area contributed by atoms with Crippen LogP contribution in [0.2, 0.25) is 0 Å². The first kappa shape index (κ1) is 16.8. The second-order valence-electron chi connectivity index (χ2n) is 7.32. The molecule has 4 aromatic rings. The van der Waals surface area contributed by atoms with E-state index in [4.69, 9.17) is 0 Å². The third-order valence-corrected chi connectivity index (χ3v) is 5.66. The Kier molecular flexibility index (Phi) is 4.17. The first-order chi connectivity index (χ1) is 13.8. The molecule has 1 atom stereocenters. The molecule has 0 aromatic heterocycles. The maximum Gasteiger partial charge on any atom is 0.254 e. The fraction of sp³-hybridized carbons (Fsp3) is 0.115. The van der Waals surface area contributed by atoms with Crippen molar-refractivity contribution in [1.82, 2.24) is 4.90 Å². The lowest BCUT2D eigenvalue weighted by molar-refractivity contribution is 0.0695. The van der Waals surface area contributed by atoms with Crippen LogP contribution in [0, 0.1) is 0 Å². The van der Waals surface area contributed by atoms with Crippen molar-refractivity contribution in [1.29, 1.82) is 0 Å². The molecule has 0 bridgehead atoms. The van der Waals surface area contributed by atoms with Gasteiger partial charge in [0.2, 0.25) is 0 Å². The standard InChI is InChI=1S/C26H21NO/c28-26(23-15-14-19-8-4-5-12-22(19)18-23)27-17-16-20-9-6-7-13-24(20)25(27)21-10-2-1-3-11-21/h1-15,18,25H,16-17H2. The molecule has 1 heterocycles. The lowest BCUT2D eigenvalue weighted by atomic mass is 9.87. The molecule has 2 nitrogen and oxygen atoms in total. The average Bonchev–Trinajstić information content (AvgIpc) is 2.78. The summed E-state index contributed by atoms with van der Waals surface area (Å²) in [5.74, 6) is 0.0918. The number of hydrogen-bond acceptors (Lipinski definition) is 1. The largest absolute Gasteiger partial charge is 0.327 e. The highest BCUT2D eigenvalue weighted by Crippen LogP contribution is 2.36. The second kappa shape index (κ2) is 6.97. The number of hydrogen-bond donors (Lipinski definition) is 0. The number of carbonyl (C=O) groups is 1. The van der Waals surface area contributed by atoms with Gasteiger partial charge in [0.05, 0.1) is 6.04 Å². The molecular weight excluding hydrogens is 342 g/mol. The van der Waals surface area contributed by atoms with Crippen molar-refractivity contribution in [3.8, 4) is 0 Å². The Hall–Kier alpha value is -3.39. The molecule has 1 aliphatic rings. The SMILES string of the molecule is O=C(c1ccc2ccccc2c1)N1CCc2ccccc2C1c1ccccc1. The monoisotopic (exact) mass is 363 g/mol. The van der Waals surface area contributed by atoms with Crippen molar-refractivity contribution < 1.29 is 4.79 Å². The van der Waals surface area contributed by atoms with Crippen LogP contribution in [0.3, 0.4) is 0 Å². The van der Waals surface area contributed by atoms with Gasteiger partial charge in [-0.3, -0.25) is 4.79 Å². The molecule has 0 saturated heterocycles. The number of nitrogens with zero attached hydrogens (tertiary/aromatic N) is 1. The number of amides is 1. The molecular formula is C26H21NO. The first-order valence-electron chi connectivity index (χ1n) is 9.74. The van der Waals surface area contributed by atoms with Gasteiger partial charge < -0.3 is 4.90 Å². The van der Waals surface area contributed by atoms with Gasteiger partial charge in [0.15, 0.2) is 0 Å². The summed E-state index contributed by atoms with van der Waals surface area (Å²) in [7, 11) is 0. The minimum Gasteiger partial charge on any atom is -0.327 e. The van der Waals surface area contributed by atoms with Crippen LogP contribution in [-0.4, -0.2) is 17.4 Å². The number of fused-ring (bicyclic) bond motifs is 2. The maximum absolute atomic E-state index is 13.6. The zero-order valence-corrected chi connectivity index (χ0v) is 15.6. The summed E-state index contributed by atoms with van der Waals surface area (Å²) in [6, 6.07) is 33.0. The molecule has 136 valence electrons. The smallest absolute Gasteiger partial charge is 0.254 e. The van der Waals surface area contributed by atoms with Gasteiger partial charge in [0.25, 0.3) is 5.91 Å². The van der Waals surface area contributed by atoms with Crippen LogP contribution in [0.5, 0.6) is 0 Å². The molecule has 0 radical (unpaired) electrons. The van der Waals surface area contributed by atoms with E-state index in [0.29, 0.717) is 0 Å². The fourth-order valence-electron chi connectivity index (χ4n) is 4.27. The van der Waals surface area contributed by atoms with Gasteiger partial charge in [-0.1, -0.05) is 84.9 Å². The zero-order chi connectivity index (χ0) is 18.9. The molecule has 2 heteroatoms. The van der Waals surface area contributed by atoms with E-state index in [9.17, 15) is 4.79 Å². The average molecular weight is 363 g/mol. The summed E-state index contributed by atoms with van der Waals surface area (Å²) in [6.45, 7) is 0.724. The number of carbonyl (C=O) groups excluding carboxylic acids is 1. The van der Waals surface area contributed by atoms with Crippen LogP contribution >= 0.6 is 0 Å². The Morgan fingerprint density at radius 3 is 2.32 bits per heavy atom. The Morgan fingerprint density at radius 2 is 1.46 bits per heavy atom. The van der Waals surface area contributed by atoms with Gasteiger partial charge in [0, 0.05) is 12.1 Å². The van der Waals surface area contributed by atoms with E-state index in [1.54, 1.807) is 0 Å². The summed E-state index contributed by atoms with van der Waals surface area (Å²) < 4.78 is 0. The molecule has 0 fully saturated rings. The van der Waals surface area contributed by atoms with E-state index in [0.717, 1.165) is 34.9 Å². The van der Waals surface area contributed by atoms with Crippen molar-refractivity contribution in [2.75, 3.05) is 6.54 Å². The first-order valence-corrected chi connectivity index (χ1v) is 9.74. The Bertz CT molecular complexity index is 1150. The molecule has 0 N–H and O–H groups in total. The van der Waals surface area contributed by atoms with Crippen LogP contribution in [0.25, 0.3) is 10.8 Å². The highest BCUT2D eigenvalue weighted by Gasteiger charge is 2.32. The molecule has 1 aliphatic heterocycles. The van der Waals surface area contributed by atoms with E-state index in [1.165, 1.54) is 11.1 Å². The molecule has 1 unspecified atom stereocenters. The van der Waals surface area contributed by atoms with Crippen molar-refractivity contribution in [2.45, 2.75) is 12.5 Å². The van der Waals surface area contributed by atoms with Gasteiger partial charge in [-0.2, -0.15) is 0 Å². The van der Waals surface area contributed by atoms with Gasteiger partial charge in [-0.15, -0.1) is 0 Å². The molecule has 0 spiro atoms. The van der Waals surface area contributed by atoms with E-state index in [-0.39, 0.29) is 11.9 Å². The Morgan fingerprint density at radius 1 is 0.750 bits per heavy atom. The highest BCUT2D eigenvalue weighted by atomic mass is 16.2. The van der Waals surface area contributed by atoms with E-state index in [2.05, 4.69) is 48.5 Å². The van der Waals surface area contributed by atoms with Crippen LogP contribution in [0.4, 0.5) is 0 Å². The summed E-state index contributed by atoms with van der Waals surface area (Å²) in [4.78, 5) is 15.6. The Labute approximate surface area is 165 Å². The maximum atomic E-state index is 13.6. The van der Waals surface area contributed by atoms with E-state index >= 15 is 0 Å². The Balaban J connectivity index is 1.59. The van der Waals surface area contributed by atoms with Crippen LogP contribution in [-0.2, 0) is 6.42 Å².